The molecule has 0 saturated carbocycles. The highest BCUT2D eigenvalue weighted by Gasteiger charge is 2.36. The number of nitrogens with one attached hydrogen (secondary N) is 1. The largest absolute Gasteiger partial charge is 0.467 e. The number of allylic oxidation sites excluding steroid dienone is 1. The maximum atomic E-state index is 12.2. The molecule has 7 heteroatoms. The molecule has 0 unspecified atom stereocenters. The predicted molar refractivity (Wildman–Crippen MR) is 76.7 cm³/mol. The van der Waals surface area contributed by atoms with Crippen LogP contribution < -0.4 is 5.32 Å². The molecule has 2 amide bonds. The van der Waals surface area contributed by atoms with E-state index in [4.69, 9.17) is 9.15 Å². The molecular formula is C15H18N2O5. The zero-order valence-electron chi connectivity index (χ0n) is 12.7. The van der Waals surface area contributed by atoms with Crippen molar-refractivity contribution in [3.63, 3.8) is 0 Å². The van der Waals surface area contributed by atoms with Crippen molar-refractivity contribution in [3.05, 3.63) is 35.4 Å². The molecule has 0 bridgehead atoms. The third-order valence-corrected chi connectivity index (χ3v) is 3.40. The normalized spacial score (nSPS) is 18.2. The number of urea groups is 1. The average Bonchev–Trinajstić information content (AvgIpc) is 2.96. The van der Waals surface area contributed by atoms with Crippen LogP contribution in [0.1, 0.15) is 32.6 Å². The number of furan rings is 1. The van der Waals surface area contributed by atoms with Crippen LogP contribution in [0.15, 0.2) is 34.1 Å². The van der Waals surface area contributed by atoms with Crippen LogP contribution in [-0.2, 0) is 14.3 Å². The Labute approximate surface area is 127 Å². The fourth-order valence-corrected chi connectivity index (χ4v) is 2.43. The summed E-state index contributed by atoms with van der Waals surface area (Å²) in [5.74, 6) is -0.266. The Bertz CT molecular complexity index is 618. The summed E-state index contributed by atoms with van der Waals surface area (Å²) in [6, 6.07) is 2.23. The van der Waals surface area contributed by atoms with Crippen LogP contribution in [0.2, 0.25) is 0 Å². The van der Waals surface area contributed by atoms with Gasteiger partial charge in [-0.05, 0) is 32.9 Å². The van der Waals surface area contributed by atoms with Gasteiger partial charge in [0.15, 0.2) is 5.78 Å². The van der Waals surface area contributed by atoms with Crippen LogP contribution >= 0.6 is 0 Å². The molecule has 0 radical (unpaired) electrons. The van der Waals surface area contributed by atoms with Gasteiger partial charge in [0.1, 0.15) is 18.3 Å². The van der Waals surface area contributed by atoms with Crippen molar-refractivity contribution in [1.29, 1.82) is 0 Å². The van der Waals surface area contributed by atoms with E-state index < -0.39 is 18.0 Å². The Morgan fingerprint density at radius 1 is 1.45 bits per heavy atom. The molecule has 0 spiro atoms. The number of Topliss-reactive ketones (excluding diaryl/α,β-unsaturated/α-hetero) is 1. The van der Waals surface area contributed by atoms with Gasteiger partial charge in [0.2, 0.25) is 0 Å². The van der Waals surface area contributed by atoms with Crippen molar-refractivity contribution in [3.8, 4) is 0 Å². The van der Waals surface area contributed by atoms with E-state index >= 15 is 0 Å². The van der Waals surface area contributed by atoms with Crippen LogP contribution in [0.3, 0.4) is 0 Å². The molecule has 1 aromatic rings. The van der Waals surface area contributed by atoms with Crippen molar-refractivity contribution < 1.29 is 23.5 Å². The van der Waals surface area contributed by atoms with E-state index in [1.54, 1.807) is 26.0 Å². The molecule has 1 aliphatic rings. The van der Waals surface area contributed by atoms with Gasteiger partial charge in [0.25, 0.3) is 0 Å². The summed E-state index contributed by atoms with van der Waals surface area (Å²) in [6.07, 6.45) is 1.47. The van der Waals surface area contributed by atoms with Crippen LogP contribution in [-0.4, -0.2) is 35.8 Å². The molecule has 2 rings (SSSR count). The molecule has 7 nitrogen and oxygen atoms in total. The summed E-state index contributed by atoms with van der Waals surface area (Å²) in [6.45, 7) is 4.71. The zero-order valence-corrected chi connectivity index (χ0v) is 12.7. The van der Waals surface area contributed by atoms with Gasteiger partial charge in [0.05, 0.1) is 12.9 Å². The predicted octanol–water partition coefficient (Wildman–Crippen LogP) is 1.77. The van der Waals surface area contributed by atoms with E-state index in [0.29, 0.717) is 17.0 Å². The lowest BCUT2D eigenvalue weighted by atomic mass is 9.96. The Kier molecular flexibility index (Phi) is 4.65. The van der Waals surface area contributed by atoms with E-state index in [1.165, 1.54) is 18.1 Å². The number of amides is 2. The summed E-state index contributed by atoms with van der Waals surface area (Å²) in [4.78, 5) is 37.0. The Morgan fingerprint density at radius 2 is 2.18 bits per heavy atom. The second kappa shape index (κ2) is 6.46. The number of ketones is 1. The molecule has 0 saturated heterocycles. The first-order valence-corrected chi connectivity index (χ1v) is 6.94. The highest BCUT2D eigenvalue weighted by molar-refractivity contribution is 5.98. The first-order chi connectivity index (χ1) is 10.5. The van der Waals surface area contributed by atoms with Crippen molar-refractivity contribution in [1.82, 2.24) is 10.2 Å². The first kappa shape index (κ1) is 15.8. The summed E-state index contributed by atoms with van der Waals surface area (Å²) in [7, 11) is 0. The third-order valence-electron chi connectivity index (χ3n) is 3.40. The van der Waals surface area contributed by atoms with E-state index in [9.17, 15) is 14.4 Å². The number of esters is 1. The van der Waals surface area contributed by atoms with Gasteiger partial charge in [-0.2, -0.15) is 0 Å². The van der Waals surface area contributed by atoms with Gasteiger partial charge >= 0.3 is 12.0 Å². The second-order valence-corrected chi connectivity index (χ2v) is 4.84. The Hall–Kier alpha value is -2.57. The third kappa shape index (κ3) is 3.03. The lowest BCUT2D eigenvalue weighted by molar-refractivity contribution is -0.143. The highest BCUT2D eigenvalue weighted by Crippen LogP contribution is 2.31. The number of carbonyl (C=O) groups excluding carboxylic acids is 3. The number of hydrogen-bond acceptors (Lipinski definition) is 5. The molecule has 2 heterocycles. The minimum Gasteiger partial charge on any atom is -0.467 e. The smallest absolute Gasteiger partial charge is 0.326 e. The number of ether oxygens (including phenoxy) is 1. The molecule has 118 valence electrons. The van der Waals surface area contributed by atoms with Crippen LogP contribution in [0.25, 0.3) is 0 Å². The Balaban J connectivity index is 2.37. The van der Waals surface area contributed by atoms with Gasteiger partial charge in [-0.25, -0.2) is 4.79 Å². The number of nitrogens with zero attached hydrogens (tertiary/aromatic N) is 1. The van der Waals surface area contributed by atoms with E-state index in [2.05, 4.69) is 5.32 Å². The van der Waals surface area contributed by atoms with Crippen LogP contribution in [0, 0.1) is 0 Å². The molecule has 0 fully saturated rings. The molecule has 1 aliphatic heterocycles. The van der Waals surface area contributed by atoms with E-state index in [1.807, 2.05) is 0 Å². The average molecular weight is 306 g/mol. The van der Waals surface area contributed by atoms with Gasteiger partial charge in [0, 0.05) is 11.3 Å². The monoisotopic (exact) mass is 306 g/mol. The standard InChI is InChI=1S/C15H18N2O5/c1-4-21-12(19)8-17-9(2)13(10(3)18)14(16-15(17)20)11-6-5-7-22-11/h5-7,14H,4,8H2,1-3H3,(H,16,20)/t14-/m0/s1. The van der Waals surface area contributed by atoms with Crippen LogP contribution in [0.4, 0.5) is 4.79 Å². The molecule has 1 atom stereocenters. The maximum Gasteiger partial charge on any atom is 0.326 e. The maximum absolute atomic E-state index is 12.2. The van der Waals surface area contributed by atoms with Crippen LogP contribution in [0.5, 0.6) is 0 Å². The molecule has 1 N–H and O–H groups in total. The van der Waals surface area contributed by atoms with Gasteiger partial charge in [-0.3, -0.25) is 14.5 Å². The van der Waals surface area contributed by atoms with Gasteiger partial charge in [-0.15, -0.1) is 0 Å². The van der Waals surface area contributed by atoms with Gasteiger partial charge < -0.3 is 14.5 Å². The lowest BCUT2D eigenvalue weighted by Crippen LogP contribution is -2.49. The Morgan fingerprint density at radius 3 is 2.73 bits per heavy atom. The topological polar surface area (TPSA) is 88.8 Å². The summed E-state index contributed by atoms with van der Waals surface area (Å²) >= 11 is 0. The summed E-state index contributed by atoms with van der Waals surface area (Å²) in [5.41, 5.74) is 0.810. The second-order valence-electron chi connectivity index (χ2n) is 4.84. The van der Waals surface area contributed by atoms with E-state index in [0.717, 1.165) is 0 Å². The zero-order chi connectivity index (χ0) is 16.3. The van der Waals surface area contributed by atoms with Crippen molar-refractivity contribution >= 4 is 17.8 Å². The quantitative estimate of drug-likeness (QED) is 0.837. The van der Waals surface area contributed by atoms with Gasteiger partial charge in [-0.1, -0.05) is 0 Å². The summed E-state index contributed by atoms with van der Waals surface area (Å²) < 4.78 is 10.1. The fourth-order valence-electron chi connectivity index (χ4n) is 2.43. The SMILES string of the molecule is CCOC(=O)CN1C(=O)N[C@@H](c2ccco2)C(C(C)=O)=C1C. The molecule has 22 heavy (non-hydrogen) atoms. The minimum atomic E-state index is -0.654. The highest BCUT2D eigenvalue weighted by atomic mass is 16.5. The van der Waals surface area contributed by atoms with E-state index in [-0.39, 0.29) is 18.9 Å². The number of hydrogen-bond donors (Lipinski definition) is 1. The fraction of sp³-hybridized carbons (Fsp3) is 0.400. The summed E-state index contributed by atoms with van der Waals surface area (Å²) in [5, 5.41) is 2.68. The van der Waals surface area contributed by atoms with Crippen molar-refractivity contribution in [2.24, 2.45) is 0 Å². The van der Waals surface area contributed by atoms with Crippen molar-refractivity contribution in [2.45, 2.75) is 26.8 Å². The molecule has 0 aliphatic carbocycles. The molecule has 1 aromatic heterocycles. The minimum absolute atomic E-state index is 0.201. The molecule has 0 aromatic carbocycles. The lowest BCUT2D eigenvalue weighted by Gasteiger charge is -2.33. The first-order valence-electron chi connectivity index (χ1n) is 6.94. The number of carbonyl (C=O) groups is 3. The molecular weight excluding hydrogens is 288 g/mol. The number of rotatable bonds is 5. The van der Waals surface area contributed by atoms with Crippen molar-refractivity contribution in [2.75, 3.05) is 13.2 Å².